The third-order valence-electron chi connectivity index (χ3n) is 6.95. The SMILES string of the molecule is Cc1nn2ccccc2c1-c1nc(-c2ccsc2)c(C(=O)O)s1.Cc1nn2ccccc2c1OC(=O)c1scnc1-c1ccsc1. The van der Waals surface area contributed by atoms with Gasteiger partial charge < -0.3 is 9.84 Å². The maximum Gasteiger partial charge on any atom is 0.356 e. The molecule has 8 aromatic rings. The van der Waals surface area contributed by atoms with Crippen LogP contribution >= 0.6 is 45.3 Å². The zero-order valence-corrected chi connectivity index (χ0v) is 27.4. The third-order valence-corrected chi connectivity index (χ3v) is 10.2. The van der Waals surface area contributed by atoms with Gasteiger partial charge in [0, 0.05) is 34.3 Å². The molecule has 14 heteroatoms. The first-order valence-electron chi connectivity index (χ1n) is 13.7. The Bertz CT molecular complexity index is 2330. The Morgan fingerprint density at radius 2 is 1.46 bits per heavy atom. The quantitative estimate of drug-likeness (QED) is 0.174. The predicted molar refractivity (Wildman–Crippen MR) is 182 cm³/mol. The van der Waals surface area contributed by atoms with Crippen LogP contribution in [0.25, 0.3) is 44.1 Å². The summed E-state index contributed by atoms with van der Waals surface area (Å²) in [6, 6.07) is 15.3. The van der Waals surface area contributed by atoms with Crippen LogP contribution in [0.5, 0.6) is 5.75 Å². The van der Waals surface area contributed by atoms with Crippen LogP contribution in [0.3, 0.4) is 0 Å². The second kappa shape index (κ2) is 12.4. The van der Waals surface area contributed by atoms with E-state index in [1.165, 1.54) is 34.0 Å². The van der Waals surface area contributed by atoms with Crippen molar-refractivity contribution in [2.45, 2.75) is 13.8 Å². The second-order valence-electron chi connectivity index (χ2n) is 9.88. The number of aromatic nitrogens is 6. The fourth-order valence-corrected chi connectivity index (χ4v) is 7.90. The molecule has 0 atom stereocenters. The van der Waals surface area contributed by atoms with Crippen LogP contribution in [0, 0.1) is 13.8 Å². The molecule has 0 aliphatic heterocycles. The third kappa shape index (κ3) is 5.51. The minimum Gasteiger partial charge on any atom is -0.477 e. The fourth-order valence-electron chi connectivity index (χ4n) is 4.90. The van der Waals surface area contributed by atoms with Gasteiger partial charge in [-0.1, -0.05) is 12.1 Å². The van der Waals surface area contributed by atoms with Crippen molar-refractivity contribution in [2.24, 2.45) is 0 Å². The lowest BCUT2D eigenvalue weighted by Gasteiger charge is -2.03. The average Bonchev–Trinajstić information content (AvgIpc) is 3.89. The van der Waals surface area contributed by atoms with Crippen molar-refractivity contribution >= 4 is 68.3 Å². The van der Waals surface area contributed by atoms with Gasteiger partial charge in [0.05, 0.1) is 33.7 Å². The number of thiazole rings is 2. The fraction of sp³-hybridized carbons (Fsp3) is 0.0625. The predicted octanol–water partition coefficient (Wildman–Crippen LogP) is 8.24. The van der Waals surface area contributed by atoms with Crippen molar-refractivity contribution < 1.29 is 19.4 Å². The van der Waals surface area contributed by atoms with E-state index in [9.17, 15) is 14.7 Å². The van der Waals surface area contributed by atoms with E-state index in [0.717, 1.165) is 33.4 Å². The topological polar surface area (TPSA) is 124 Å². The molecule has 0 bridgehead atoms. The molecule has 0 aliphatic carbocycles. The number of thiophene rings is 2. The Hall–Kier alpha value is -5.02. The highest BCUT2D eigenvalue weighted by molar-refractivity contribution is 7.17. The zero-order chi connectivity index (χ0) is 31.8. The van der Waals surface area contributed by atoms with Gasteiger partial charge in [-0.3, -0.25) is 0 Å². The van der Waals surface area contributed by atoms with Gasteiger partial charge in [0.2, 0.25) is 0 Å². The van der Waals surface area contributed by atoms with Crippen LogP contribution in [0.1, 0.15) is 30.7 Å². The van der Waals surface area contributed by atoms with E-state index in [4.69, 9.17) is 4.74 Å². The van der Waals surface area contributed by atoms with E-state index >= 15 is 0 Å². The van der Waals surface area contributed by atoms with Crippen LogP contribution in [0.2, 0.25) is 0 Å². The summed E-state index contributed by atoms with van der Waals surface area (Å²) in [4.78, 5) is 33.9. The number of carboxylic acids is 1. The number of aryl methyl sites for hydroxylation is 2. The maximum atomic E-state index is 12.6. The maximum absolute atomic E-state index is 12.6. The molecule has 8 heterocycles. The molecule has 0 amide bonds. The lowest BCUT2D eigenvalue weighted by Crippen LogP contribution is -2.08. The largest absolute Gasteiger partial charge is 0.477 e. The van der Waals surface area contributed by atoms with Crippen LogP contribution in [-0.2, 0) is 0 Å². The highest BCUT2D eigenvalue weighted by Crippen LogP contribution is 2.38. The van der Waals surface area contributed by atoms with Gasteiger partial charge in [-0.2, -0.15) is 32.9 Å². The molecular weight excluding hydrogens is 661 g/mol. The molecule has 1 N–H and O–H groups in total. The highest BCUT2D eigenvalue weighted by atomic mass is 32.1. The summed E-state index contributed by atoms with van der Waals surface area (Å²) in [6.07, 6.45) is 3.69. The lowest BCUT2D eigenvalue weighted by atomic mass is 10.2. The number of hydrogen-bond donors (Lipinski definition) is 1. The van der Waals surface area contributed by atoms with Gasteiger partial charge in [0.15, 0.2) is 5.75 Å². The Balaban J connectivity index is 0.000000147. The highest BCUT2D eigenvalue weighted by Gasteiger charge is 2.24. The first-order valence-corrected chi connectivity index (χ1v) is 17.3. The molecule has 228 valence electrons. The van der Waals surface area contributed by atoms with Crippen LogP contribution in [0.4, 0.5) is 0 Å². The number of fused-ring (bicyclic) bond motifs is 2. The molecule has 8 aromatic heterocycles. The summed E-state index contributed by atoms with van der Waals surface area (Å²) in [7, 11) is 0. The van der Waals surface area contributed by atoms with Gasteiger partial charge in [0.1, 0.15) is 26.0 Å². The van der Waals surface area contributed by atoms with E-state index in [0.29, 0.717) is 32.7 Å². The summed E-state index contributed by atoms with van der Waals surface area (Å²) >= 11 is 5.56. The molecule has 0 saturated carbocycles. The van der Waals surface area contributed by atoms with E-state index in [1.807, 2.05) is 96.3 Å². The number of ether oxygens (including phenoxy) is 1. The smallest absolute Gasteiger partial charge is 0.356 e. The van der Waals surface area contributed by atoms with Gasteiger partial charge in [0.25, 0.3) is 0 Å². The van der Waals surface area contributed by atoms with Crippen LogP contribution in [-0.4, -0.2) is 46.2 Å². The van der Waals surface area contributed by atoms with E-state index in [-0.39, 0.29) is 4.88 Å². The van der Waals surface area contributed by atoms with Gasteiger partial charge in [-0.25, -0.2) is 28.6 Å². The summed E-state index contributed by atoms with van der Waals surface area (Å²) in [5, 5.41) is 26.8. The van der Waals surface area contributed by atoms with E-state index in [1.54, 1.807) is 25.9 Å². The molecule has 0 aromatic carbocycles. The Morgan fingerprint density at radius 1 is 0.804 bits per heavy atom. The molecular formula is C32H22N6O4S4. The molecule has 0 saturated heterocycles. The summed E-state index contributed by atoms with van der Waals surface area (Å²) in [6.45, 7) is 3.73. The number of hydrogen-bond acceptors (Lipinski definition) is 11. The lowest BCUT2D eigenvalue weighted by molar-refractivity contribution is 0.0700. The number of carbonyl (C=O) groups excluding carboxylic acids is 1. The molecule has 0 radical (unpaired) electrons. The molecule has 0 fully saturated rings. The number of carbonyl (C=O) groups is 2. The van der Waals surface area contributed by atoms with Gasteiger partial charge >= 0.3 is 11.9 Å². The number of esters is 1. The van der Waals surface area contributed by atoms with Crippen molar-refractivity contribution in [3.63, 3.8) is 0 Å². The van der Waals surface area contributed by atoms with Gasteiger partial charge in [-0.15, -0.1) is 22.7 Å². The molecule has 0 unspecified atom stereocenters. The summed E-state index contributed by atoms with van der Waals surface area (Å²) in [5.74, 6) is -0.875. The molecule has 0 spiro atoms. The van der Waals surface area contributed by atoms with Crippen molar-refractivity contribution in [2.75, 3.05) is 0 Å². The second-order valence-corrected chi connectivity index (χ2v) is 13.3. The summed E-state index contributed by atoms with van der Waals surface area (Å²) in [5.41, 5.74) is 8.69. The minimum absolute atomic E-state index is 0.257. The Kier molecular flexibility index (Phi) is 8.00. The van der Waals surface area contributed by atoms with Crippen LogP contribution < -0.4 is 4.74 Å². The van der Waals surface area contributed by atoms with Crippen molar-refractivity contribution in [3.05, 3.63) is 109 Å². The molecule has 0 aliphatic rings. The Morgan fingerprint density at radius 3 is 2.13 bits per heavy atom. The van der Waals surface area contributed by atoms with Crippen LogP contribution in [0.15, 0.2) is 88.0 Å². The number of aromatic carboxylic acids is 1. The average molecular weight is 683 g/mol. The Labute approximate surface area is 277 Å². The summed E-state index contributed by atoms with van der Waals surface area (Å²) < 4.78 is 9.12. The molecule has 8 rings (SSSR count). The van der Waals surface area contributed by atoms with Gasteiger partial charge in [-0.05, 0) is 61.0 Å². The normalized spacial score (nSPS) is 11.1. The number of carboxylic acid groups (broad SMARTS) is 1. The first-order chi connectivity index (χ1) is 22.4. The van der Waals surface area contributed by atoms with E-state index in [2.05, 4.69) is 20.2 Å². The number of pyridine rings is 2. The zero-order valence-electron chi connectivity index (χ0n) is 24.1. The van der Waals surface area contributed by atoms with Crippen molar-refractivity contribution in [1.29, 1.82) is 0 Å². The van der Waals surface area contributed by atoms with E-state index < -0.39 is 11.9 Å². The number of rotatable bonds is 6. The van der Waals surface area contributed by atoms with Crippen molar-refractivity contribution in [1.82, 2.24) is 29.2 Å². The first kappa shape index (κ1) is 29.7. The standard InChI is InChI=1S/2C16H11N3O2S2/c1-10-14(12-4-2-3-6-19(12)18-10)21-16(20)15-13(17-9-23-15)11-5-7-22-8-11;1-9-12(11-4-2-3-6-19(11)18-9)15-17-13(10-5-7-22-8-10)14(23-15)16(20)21/h2-9H,1H3;2-8H,1H3,(H,20,21). The number of nitrogens with zero attached hydrogens (tertiary/aromatic N) is 6. The minimum atomic E-state index is -0.955. The molecule has 46 heavy (non-hydrogen) atoms. The van der Waals surface area contributed by atoms with Crippen molar-refractivity contribution in [3.8, 4) is 38.8 Å². The molecule has 10 nitrogen and oxygen atoms in total. The monoisotopic (exact) mass is 682 g/mol.